The van der Waals surface area contributed by atoms with Gasteiger partial charge in [0.2, 0.25) is 0 Å². The van der Waals surface area contributed by atoms with Crippen molar-refractivity contribution in [3.05, 3.63) is 29.6 Å². The summed E-state index contributed by atoms with van der Waals surface area (Å²) in [5, 5.41) is 20.7. The lowest BCUT2D eigenvalue weighted by Gasteiger charge is -2.07. The summed E-state index contributed by atoms with van der Waals surface area (Å²) < 4.78 is 1.83. The van der Waals surface area contributed by atoms with Gasteiger partial charge in [0.25, 0.3) is 5.91 Å². The van der Waals surface area contributed by atoms with Gasteiger partial charge in [-0.1, -0.05) is 13.3 Å². The molecule has 0 atom stereocenters. The lowest BCUT2D eigenvalue weighted by atomic mass is 10.2. The number of imidazole rings is 1. The van der Waals surface area contributed by atoms with Gasteiger partial charge in [-0.2, -0.15) is 0 Å². The molecule has 2 aromatic heterocycles. The smallest absolute Gasteiger partial charge is 0.262 e. The summed E-state index contributed by atoms with van der Waals surface area (Å²) in [5.41, 5.74) is 3.93. The Morgan fingerprint density at radius 2 is 2.30 bits per heavy atom. The fraction of sp³-hybridized carbons (Fsp3) is 0.385. The van der Waals surface area contributed by atoms with E-state index in [-0.39, 0.29) is 13.2 Å². The van der Waals surface area contributed by atoms with Gasteiger partial charge in [-0.25, -0.2) is 10.5 Å². The molecule has 0 aliphatic rings. The highest BCUT2D eigenvalue weighted by Crippen LogP contribution is 2.20. The first-order valence-corrected chi connectivity index (χ1v) is 6.47. The lowest BCUT2D eigenvalue weighted by molar-refractivity contribution is -0.127. The van der Waals surface area contributed by atoms with Gasteiger partial charge in [-0.05, 0) is 24.1 Å². The molecular formula is C13H18N4O3. The minimum Gasteiger partial charge on any atom is -0.392 e. The van der Waals surface area contributed by atoms with Crippen LogP contribution in [0.5, 0.6) is 0 Å². The number of hydroxylamine groups is 1. The van der Waals surface area contributed by atoms with Gasteiger partial charge in [-0.3, -0.25) is 14.4 Å². The Hall–Kier alpha value is -2.12. The number of hydrogen-bond donors (Lipinski definition) is 4. The van der Waals surface area contributed by atoms with E-state index in [1.807, 2.05) is 11.3 Å². The van der Waals surface area contributed by atoms with Crippen molar-refractivity contribution in [1.82, 2.24) is 14.9 Å². The number of pyridine rings is 1. The van der Waals surface area contributed by atoms with Crippen LogP contribution in [0.1, 0.15) is 24.6 Å². The van der Waals surface area contributed by atoms with Crippen LogP contribution in [0.15, 0.2) is 18.3 Å². The fourth-order valence-electron chi connectivity index (χ4n) is 2.04. The molecule has 0 saturated heterocycles. The van der Waals surface area contributed by atoms with Crippen molar-refractivity contribution in [3.8, 4) is 0 Å². The van der Waals surface area contributed by atoms with Gasteiger partial charge < -0.3 is 10.4 Å². The summed E-state index contributed by atoms with van der Waals surface area (Å²) in [6.45, 7) is 1.97. The summed E-state index contributed by atoms with van der Waals surface area (Å²) in [6, 6.07) is 3.60. The number of carbonyl (C=O) groups is 1. The minimum absolute atomic E-state index is 0.0389. The number of nitrogens with one attached hydrogen (secondary N) is 2. The van der Waals surface area contributed by atoms with E-state index in [1.165, 1.54) is 0 Å². The fourth-order valence-corrected chi connectivity index (χ4v) is 2.04. The van der Waals surface area contributed by atoms with Gasteiger partial charge in [0.05, 0.1) is 18.8 Å². The Labute approximate surface area is 116 Å². The molecule has 0 aliphatic carbocycles. The number of aliphatic hydroxyl groups is 1. The van der Waals surface area contributed by atoms with Gasteiger partial charge in [0.1, 0.15) is 11.5 Å². The summed E-state index contributed by atoms with van der Waals surface area (Å²) in [6.07, 6.45) is 3.50. The molecule has 7 nitrogen and oxygen atoms in total. The predicted molar refractivity (Wildman–Crippen MR) is 73.5 cm³/mol. The largest absolute Gasteiger partial charge is 0.392 e. The SMILES string of the molecule is CCCc1nc2cc(CO)ccn2c1NCC(=O)NO. The average molecular weight is 278 g/mol. The number of aryl methyl sites for hydroxylation is 1. The second kappa shape index (κ2) is 6.36. The maximum atomic E-state index is 11.1. The van der Waals surface area contributed by atoms with Crippen molar-refractivity contribution < 1.29 is 15.1 Å². The number of amides is 1. The van der Waals surface area contributed by atoms with Crippen LogP contribution in [0.2, 0.25) is 0 Å². The molecule has 0 saturated carbocycles. The first-order chi connectivity index (χ1) is 9.69. The molecule has 0 bridgehead atoms. The molecule has 0 unspecified atom stereocenters. The molecule has 2 rings (SSSR count). The van der Waals surface area contributed by atoms with Gasteiger partial charge in [0, 0.05) is 6.20 Å². The van der Waals surface area contributed by atoms with Gasteiger partial charge in [0.15, 0.2) is 0 Å². The highest BCUT2D eigenvalue weighted by molar-refractivity contribution is 5.79. The summed E-state index contributed by atoms with van der Waals surface area (Å²) in [4.78, 5) is 15.6. The standard InChI is InChI=1S/C13H18N4O3/c1-2-3-10-13(14-7-12(19)16-20)17-5-4-9(8-18)6-11(17)15-10/h4-6,14,18,20H,2-3,7-8H2,1H3,(H,16,19). The topological polar surface area (TPSA) is 98.9 Å². The normalized spacial score (nSPS) is 10.8. The molecule has 0 aliphatic heterocycles. The van der Waals surface area contributed by atoms with Crippen LogP contribution >= 0.6 is 0 Å². The van der Waals surface area contributed by atoms with Crippen molar-refractivity contribution in [1.29, 1.82) is 0 Å². The number of aliphatic hydroxyl groups excluding tert-OH is 1. The highest BCUT2D eigenvalue weighted by atomic mass is 16.5. The van der Waals surface area contributed by atoms with E-state index in [1.54, 1.807) is 23.8 Å². The van der Waals surface area contributed by atoms with Crippen LogP contribution in [-0.2, 0) is 17.8 Å². The Morgan fingerprint density at radius 1 is 1.50 bits per heavy atom. The predicted octanol–water partition coefficient (Wildman–Crippen LogP) is 0.696. The summed E-state index contributed by atoms with van der Waals surface area (Å²) in [7, 11) is 0. The first-order valence-electron chi connectivity index (χ1n) is 6.47. The average Bonchev–Trinajstić information content (AvgIpc) is 2.81. The summed E-state index contributed by atoms with van der Waals surface area (Å²) in [5.74, 6) is 0.212. The van der Waals surface area contributed by atoms with E-state index < -0.39 is 5.91 Å². The van der Waals surface area contributed by atoms with Crippen LogP contribution in [0.3, 0.4) is 0 Å². The Kier molecular flexibility index (Phi) is 4.54. The number of anilines is 1. The number of fused-ring (bicyclic) bond motifs is 1. The van der Waals surface area contributed by atoms with Crippen molar-refractivity contribution >= 4 is 17.4 Å². The number of aromatic nitrogens is 2. The third kappa shape index (κ3) is 2.89. The second-order valence-electron chi connectivity index (χ2n) is 4.47. The van der Waals surface area contributed by atoms with Crippen LogP contribution in [0, 0.1) is 0 Å². The Bertz CT molecular complexity index is 609. The third-order valence-corrected chi connectivity index (χ3v) is 2.97. The molecular weight excluding hydrogens is 260 g/mol. The van der Waals surface area contributed by atoms with Crippen LogP contribution < -0.4 is 10.8 Å². The maximum absolute atomic E-state index is 11.1. The highest BCUT2D eigenvalue weighted by Gasteiger charge is 2.12. The molecule has 0 aromatic carbocycles. The monoisotopic (exact) mass is 278 g/mol. The number of rotatable bonds is 6. The Morgan fingerprint density at radius 3 is 2.95 bits per heavy atom. The molecule has 0 spiro atoms. The molecule has 1 amide bonds. The van der Waals surface area contributed by atoms with E-state index >= 15 is 0 Å². The number of carbonyl (C=O) groups excluding carboxylic acids is 1. The molecule has 7 heteroatoms. The quantitative estimate of drug-likeness (QED) is 0.460. The van der Waals surface area contributed by atoms with E-state index in [2.05, 4.69) is 10.3 Å². The van der Waals surface area contributed by atoms with E-state index in [0.717, 1.165) is 29.9 Å². The zero-order chi connectivity index (χ0) is 14.5. The number of hydrogen-bond acceptors (Lipinski definition) is 5. The maximum Gasteiger partial charge on any atom is 0.262 e. The van der Waals surface area contributed by atoms with Crippen molar-refractivity contribution in [2.45, 2.75) is 26.4 Å². The van der Waals surface area contributed by atoms with Crippen molar-refractivity contribution in [2.75, 3.05) is 11.9 Å². The Balaban J connectivity index is 2.37. The van der Waals surface area contributed by atoms with Crippen LogP contribution in [-0.4, -0.2) is 32.2 Å². The van der Waals surface area contributed by atoms with E-state index in [0.29, 0.717) is 5.65 Å². The summed E-state index contributed by atoms with van der Waals surface area (Å²) >= 11 is 0. The van der Waals surface area contributed by atoms with E-state index in [9.17, 15) is 4.79 Å². The van der Waals surface area contributed by atoms with Gasteiger partial charge >= 0.3 is 0 Å². The number of nitrogens with zero attached hydrogens (tertiary/aromatic N) is 2. The molecule has 2 aromatic rings. The zero-order valence-corrected chi connectivity index (χ0v) is 11.3. The molecule has 108 valence electrons. The molecule has 2 heterocycles. The molecule has 20 heavy (non-hydrogen) atoms. The molecule has 4 N–H and O–H groups in total. The second-order valence-corrected chi connectivity index (χ2v) is 4.47. The van der Waals surface area contributed by atoms with Crippen LogP contribution in [0.25, 0.3) is 5.65 Å². The lowest BCUT2D eigenvalue weighted by Crippen LogP contribution is -2.27. The zero-order valence-electron chi connectivity index (χ0n) is 11.3. The van der Waals surface area contributed by atoms with Crippen LogP contribution in [0.4, 0.5) is 5.82 Å². The molecule has 0 fully saturated rings. The van der Waals surface area contributed by atoms with Gasteiger partial charge in [-0.15, -0.1) is 0 Å². The third-order valence-electron chi connectivity index (χ3n) is 2.97. The van der Waals surface area contributed by atoms with Crippen molar-refractivity contribution in [2.24, 2.45) is 0 Å². The first kappa shape index (κ1) is 14.3. The van der Waals surface area contributed by atoms with E-state index in [4.69, 9.17) is 10.3 Å². The molecule has 0 radical (unpaired) electrons. The minimum atomic E-state index is -0.519. The van der Waals surface area contributed by atoms with Crippen molar-refractivity contribution in [3.63, 3.8) is 0 Å².